The largest absolute Gasteiger partial charge is 0.364 e. The Morgan fingerprint density at radius 2 is 2.00 bits per heavy atom. The number of hydrogen-bond acceptors (Lipinski definition) is 4. The molecule has 0 aliphatic heterocycles. The lowest BCUT2D eigenvalue weighted by Crippen LogP contribution is -2.19. The summed E-state index contributed by atoms with van der Waals surface area (Å²) in [5, 5.41) is 18.3. The lowest BCUT2D eigenvalue weighted by Gasteiger charge is -2.10. The summed E-state index contributed by atoms with van der Waals surface area (Å²) < 4.78 is 3.16. The molecule has 0 aliphatic carbocycles. The number of nitrogens with zero attached hydrogens (tertiary/aromatic N) is 3. The van der Waals surface area contributed by atoms with Gasteiger partial charge in [0.15, 0.2) is 6.29 Å². The molecule has 0 amide bonds. The van der Waals surface area contributed by atoms with Gasteiger partial charge in [-0.05, 0) is 12.1 Å². The lowest BCUT2D eigenvalue weighted by molar-refractivity contribution is -0.0424. The Morgan fingerprint density at radius 1 is 1.22 bits per heavy atom. The van der Waals surface area contributed by atoms with Gasteiger partial charge in [0.05, 0.1) is 23.6 Å². The molecule has 0 radical (unpaired) electrons. The Labute approximate surface area is 101 Å². The number of fused-ring (bicyclic) bond motifs is 3. The van der Waals surface area contributed by atoms with E-state index in [1.165, 1.54) is 10.8 Å². The fourth-order valence-electron chi connectivity index (χ4n) is 2.10. The monoisotopic (exact) mass is 245 g/mol. The minimum absolute atomic E-state index is 0.176. The molecule has 2 heterocycles. The van der Waals surface area contributed by atoms with Crippen molar-refractivity contribution in [2.75, 3.05) is 0 Å². The van der Waals surface area contributed by atoms with Gasteiger partial charge >= 0.3 is 0 Å². The maximum atomic E-state index is 12.1. The number of benzene rings is 1. The molecule has 0 saturated heterocycles. The molecule has 0 fully saturated rings. The molecule has 92 valence electrons. The van der Waals surface area contributed by atoms with Gasteiger partial charge in [-0.1, -0.05) is 6.07 Å². The van der Waals surface area contributed by atoms with Crippen LogP contribution in [0.3, 0.4) is 0 Å². The van der Waals surface area contributed by atoms with Crippen LogP contribution in [0, 0.1) is 0 Å². The Balaban J connectivity index is 2.53. The zero-order chi connectivity index (χ0) is 12.9. The van der Waals surface area contributed by atoms with Gasteiger partial charge in [0.2, 0.25) is 0 Å². The minimum Gasteiger partial charge on any atom is -0.364 e. The van der Waals surface area contributed by atoms with Crippen LogP contribution in [0.4, 0.5) is 0 Å². The van der Waals surface area contributed by atoms with E-state index in [4.69, 9.17) is 10.2 Å². The summed E-state index contributed by atoms with van der Waals surface area (Å²) in [5.41, 5.74) is 2.06. The summed E-state index contributed by atoms with van der Waals surface area (Å²) in [4.78, 5) is 16.0. The second-order valence-electron chi connectivity index (χ2n) is 4.13. The van der Waals surface area contributed by atoms with Crippen molar-refractivity contribution in [2.45, 2.75) is 6.29 Å². The summed E-state index contributed by atoms with van der Waals surface area (Å²) in [7, 11) is 1.64. The molecular formula is C12H11N3O3. The van der Waals surface area contributed by atoms with Gasteiger partial charge in [-0.25, -0.2) is 4.98 Å². The topological polar surface area (TPSA) is 79.8 Å². The molecule has 18 heavy (non-hydrogen) atoms. The fraction of sp³-hybridized carbons (Fsp3) is 0.167. The number of imidazole rings is 1. The smallest absolute Gasteiger partial charge is 0.276 e. The Kier molecular flexibility index (Phi) is 2.22. The first-order chi connectivity index (χ1) is 8.59. The number of aryl methyl sites for hydroxylation is 1. The van der Waals surface area contributed by atoms with Crippen molar-refractivity contribution in [1.29, 1.82) is 0 Å². The molecule has 0 aliphatic rings. The molecule has 0 saturated carbocycles. The third-order valence-corrected chi connectivity index (χ3v) is 3.08. The van der Waals surface area contributed by atoms with Crippen molar-refractivity contribution in [1.82, 2.24) is 14.0 Å². The molecular weight excluding hydrogens is 234 g/mol. The van der Waals surface area contributed by atoms with Crippen LogP contribution in [-0.4, -0.2) is 24.2 Å². The van der Waals surface area contributed by atoms with E-state index >= 15 is 0 Å². The zero-order valence-corrected chi connectivity index (χ0v) is 9.61. The third-order valence-electron chi connectivity index (χ3n) is 3.08. The summed E-state index contributed by atoms with van der Waals surface area (Å²) >= 11 is 0. The summed E-state index contributed by atoms with van der Waals surface area (Å²) in [6.45, 7) is 0. The van der Waals surface area contributed by atoms with Gasteiger partial charge in [-0.2, -0.15) is 0 Å². The van der Waals surface area contributed by atoms with E-state index in [2.05, 4.69) is 4.98 Å². The maximum Gasteiger partial charge on any atom is 0.276 e. The van der Waals surface area contributed by atoms with E-state index in [1.54, 1.807) is 36.0 Å². The van der Waals surface area contributed by atoms with E-state index in [9.17, 15) is 4.79 Å². The SMILES string of the molecule is Cn1c(=O)c2cncn2c2ccc(C(O)O)cc21. The van der Waals surface area contributed by atoms with E-state index in [0.717, 1.165) is 5.52 Å². The summed E-state index contributed by atoms with van der Waals surface area (Å²) in [6.07, 6.45) is 1.52. The lowest BCUT2D eigenvalue weighted by atomic mass is 10.2. The average molecular weight is 245 g/mol. The Bertz CT molecular complexity index is 801. The first kappa shape index (κ1) is 10.9. The highest BCUT2D eigenvalue weighted by molar-refractivity contribution is 5.79. The van der Waals surface area contributed by atoms with Crippen molar-refractivity contribution < 1.29 is 10.2 Å². The highest BCUT2D eigenvalue weighted by Gasteiger charge is 2.10. The van der Waals surface area contributed by atoms with Crippen LogP contribution in [-0.2, 0) is 7.05 Å². The summed E-state index contributed by atoms with van der Waals surface area (Å²) in [5.74, 6) is 0. The van der Waals surface area contributed by atoms with Gasteiger partial charge in [0, 0.05) is 12.6 Å². The van der Waals surface area contributed by atoms with Gasteiger partial charge in [-0.3, -0.25) is 9.20 Å². The molecule has 6 heteroatoms. The van der Waals surface area contributed by atoms with Crippen molar-refractivity contribution in [2.24, 2.45) is 7.05 Å². The molecule has 6 nitrogen and oxygen atoms in total. The highest BCUT2D eigenvalue weighted by Crippen LogP contribution is 2.18. The molecule has 0 bridgehead atoms. The Hall–Kier alpha value is -2.18. The van der Waals surface area contributed by atoms with Gasteiger partial charge in [0.25, 0.3) is 5.56 Å². The molecule has 3 rings (SSSR count). The highest BCUT2D eigenvalue weighted by atomic mass is 16.5. The number of rotatable bonds is 1. The van der Waals surface area contributed by atoms with Crippen LogP contribution in [0.15, 0.2) is 35.5 Å². The first-order valence-electron chi connectivity index (χ1n) is 5.40. The van der Waals surface area contributed by atoms with Crippen LogP contribution < -0.4 is 5.56 Å². The Morgan fingerprint density at radius 3 is 2.72 bits per heavy atom. The predicted molar refractivity (Wildman–Crippen MR) is 65.1 cm³/mol. The second-order valence-corrected chi connectivity index (χ2v) is 4.13. The normalized spacial score (nSPS) is 11.8. The van der Waals surface area contributed by atoms with Crippen LogP contribution in [0.5, 0.6) is 0 Å². The fourth-order valence-corrected chi connectivity index (χ4v) is 2.10. The third kappa shape index (κ3) is 1.36. The molecule has 2 aromatic heterocycles. The van der Waals surface area contributed by atoms with Crippen molar-refractivity contribution in [3.05, 3.63) is 46.6 Å². The predicted octanol–water partition coefficient (Wildman–Crippen LogP) is 0.169. The van der Waals surface area contributed by atoms with E-state index in [0.29, 0.717) is 16.6 Å². The number of aliphatic hydroxyl groups is 2. The number of hydrogen-bond donors (Lipinski definition) is 2. The van der Waals surface area contributed by atoms with E-state index < -0.39 is 6.29 Å². The second kappa shape index (κ2) is 3.66. The minimum atomic E-state index is -1.55. The molecule has 3 aromatic rings. The molecule has 2 N–H and O–H groups in total. The van der Waals surface area contributed by atoms with Crippen LogP contribution in [0.1, 0.15) is 11.9 Å². The zero-order valence-electron chi connectivity index (χ0n) is 9.61. The maximum absolute atomic E-state index is 12.1. The van der Waals surface area contributed by atoms with Crippen molar-refractivity contribution in [3.8, 4) is 0 Å². The average Bonchev–Trinajstić information content (AvgIpc) is 2.84. The van der Waals surface area contributed by atoms with Crippen LogP contribution in [0.25, 0.3) is 16.6 Å². The number of aromatic nitrogens is 3. The van der Waals surface area contributed by atoms with E-state index in [1.807, 2.05) is 0 Å². The van der Waals surface area contributed by atoms with Crippen molar-refractivity contribution in [3.63, 3.8) is 0 Å². The number of aliphatic hydroxyl groups excluding tert-OH is 1. The first-order valence-corrected chi connectivity index (χ1v) is 5.40. The molecule has 1 aromatic carbocycles. The summed E-state index contributed by atoms with van der Waals surface area (Å²) in [6, 6.07) is 4.93. The van der Waals surface area contributed by atoms with Gasteiger partial charge < -0.3 is 14.8 Å². The van der Waals surface area contributed by atoms with Crippen LogP contribution >= 0.6 is 0 Å². The standard InChI is InChI=1S/C12H11N3O3/c1-14-9-4-7(12(17)18)2-3-8(9)15-6-13-5-10(15)11(14)16/h2-6,12,17-18H,1H3. The molecule has 0 unspecified atom stereocenters. The van der Waals surface area contributed by atoms with Crippen molar-refractivity contribution >= 4 is 16.6 Å². The van der Waals surface area contributed by atoms with E-state index in [-0.39, 0.29) is 5.56 Å². The van der Waals surface area contributed by atoms with Crippen LogP contribution in [0.2, 0.25) is 0 Å². The van der Waals surface area contributed by atoms with Gasteiger partial charge in [0.1, 0.15) is 5.52 Å². The molecule has 0 atom stereocenters. The molecule has 0 spiro atoms. The van der Waals surface area contributed by atoms with Gasteiger partial charge in [-0.15, -0.1) is 0 Å². The quantitative estimate of drug-likeness (QED) is 0.599.